The van der Waals surface area contributed by atoms with Crippen LogP contribution in [-0.4, -0.2) is 4.98 Å². The number of nitrogens with two attached hydrogens (primary N) is 1. The topological polar surface area (TPSA) is 38.9 Å². The number of benzene rings is 2. The van der Waals surface area contributed by atoms with Gasteiger partial charge < -0.3 is 5.73 Å². The Hall–Kier alpha value is -2.61. The minimum atomic E-state index is 0.784. The van der Waals surface area contributed by atoms with E-state index in [9.17, 15) is 0 Å². The van der Waals surface area contributed by atoms with E-state index in [1.807, 2.05) is 54.7 Å². The molecule has 0 bridgehead atoms. The predicted octanol–water partition coefficient (Wildman–Crippen LogP) is 3.99. The second kappa shape index (κ2) is 4.94. The molecular formula is C17H14N2. The van der Waals surface area contributed by atoms with Gasteiger partial charge in [0.2, 0.25) is 0 Å². The van der Waals surface area contributed by atoms with Crippen molar-refractivity contribution in [1.82, 2.24) is 4.98 Å². The van der Waals surface area contributed by atoms with E-state index in [1.165, 1.54) is 5.56 Å². The highest BCUT2D eigenvalue weighted by Gasteiger charge is 1.97. The van der Waals surface area contributed by atoms with Crippen LogP contribution in [0.15, 0.2) is 60.8 Å². The van der Waals surface area contributed by atoms with Crippen molar-refractivity contribution in [3.05, 3.63) is 71.9 Å². The van der Waals surface area contributed by atoms with Crippen LogP contribution < -0.4 is 5.73 Å². The number of nitrogen functional groups attached to an aromatic ring is 1. The van der Waals surface area contributed by atoms with Crippen LogP contribution in [0.25, 0.3) is 23.1 Å². The smallest absolute Gasteiger partial charge is 0.0707 e. The first kappa shape index (κ1) is 11.5. The van der Waals surface area contributed by atoms with Crippen LogP contribution in [0.4, 0.5) is 5.69 Å². The number of pyridine rings is 1. The molecule has 0 unspecified atom stereocenters. The van der Waals surface area contributed by atoms with Gasteiger partial charge in [-0.15, -0.1) is 0 Å². The van der Waals surface area contributed by atoms with Gasteiger partial charge in [0.25, 0.3) is 0 Å². The maximum Gasteiger partial charge on any atom is 0.0707 e. The fourth-order valence-electron chi connectivity index (χ4n) is 2.06. The maximum atomic E-state index is 5.68. The summed E-state index contributed by atoms with van der Waals surface area (Å²) in [5.74, 6) is 0. The van der Waals surface area contributed by atoms with E-state index in [1.54, 1.807) is 0 Å². The largest absolute Gasteiger partial charge is 0.399 e. The third-order valence-corrected chi connectivity index (χ3v) is 3.07. The number of hydrogen-bond acceptors (Lipinski definition) is 2. The summed E-state index contributed by atoms with van der Waals surface area (Å²) in [6, 6.07) is 18.0. The number of anilines is 1. The van der Waals surface area contributed by atoms with Crippen LogP contribution >= 0.6 is 0 Å². The number of hydrogen-bond donors (Lipinski definition) is 1. The SMILES string of the molecule is Nc1ccc(/C=C/c2ccnc3ccccc23)cc1. The number of rotatable bonds is 2. The van der Waals surface area contributed by atoms with Crippen LogP contribution in [0.3, 0.4) is 0 Å². The molecule has 0 radical (unpaired) electrons. The standard InChI is InChI=1S/C17H14N2/c18-15-9-6-13(7-10-15)5-8-14-11-12-19-17-4-2-1-3-16(14)17/h1-12H,18H2/b8-5+. The summed E-state index contributed by atoms with van der Waals surface area (Å²) in [6.07, 6.45) is 6.03. The molecule has 2 nitrogen and oxygen atoms in total. The summed E-state index contributed by atoms with van der Waals surface area (Å²) < 4.78 is 0. The van der Waals surface area contributed by atoms with Crippen molar-refractivity contribution in [2.45, 2.75) is 0 Å². The van der Waals surface area contributed by atoms with E-state index in [-0.39, 0.29) is 0 Å². The highest BCUT2D eigenvalue weighted by molar-refractivity contribution is 5.90. The molecular weight excluding hydrogens is 232 g/mol. The Morgan fingerprint density at radius 3 is 2.47 bits per heavy atom. The molecule has 2 N–H and O–H groups in total. The van der Waals surface area contributed by atoms with Gasteiger partial charge in [-0.3, -0.25) is 4.98 Å². The summed E-state index contributed by atoms with van der Waals surface area (Å²) in [7, 11) is 0. The van der Waals surface area contributed by atoms with E-state index in [4.69, 9.17) is 5.73 Å². The van der Waals surface area contributed by atoms with Gasteiger partial charge in [0.1, 0.15) is 0 Å². The first-order valence-corrected chi connectivity index (χ1v) is 6.20. The second-order valence-electron chi connectivity index (χ2n) is 4.42. The van der Waals surface area contributed by atoms with Crippen molar-refractivity contribution >= 4 is 28.7 Å². The van der Waals surface area contributed by atoms with Gasteiger partial charge in [-0.05, 0) is 35.4 Å². The summed E-state index contributed by atoms with van der Waals surface area (Å²) in [5, 5.41) is 1.16. The summed E-state index contributed by atoms with van der Waals surface area (Å²) in [5.41, 5.74) is 9.78. The lowest BCUT2D eigenvalue weighted by atomic mass is 10.1. The molecule has 0 atom stereocenters. The van der Waals surface area contributed by atoms with E-state index < -0.39 is 0 Å². The van der Waals surface area contributed by atoms with Crippen molar-refractivity contribution in [2.75, 3.05) is 5.73 Å². The predicted molar refractivity (Wildman–Crippen MR) is 81.5 cm³/mol. The van der Waals surface area contributed by atoms with Gasteiger partial charge >= 0.3 is 0 Å². The minimum Gasteiger partial charge on any atom is -0.399 e. The lowest BCUT2D eigenvalue weighted by Gasteiger charge is -2.01. The Kier molecular flexibility index (Phi) is 2.99. The third-order valence-electron chi connectivity index (χ3n) is 3.07. The Morgan fingerprint density at radius 1 is 0.842 bits per heavy atom. The van der Waals surface area contributed by atoms with Crippen LogP contribution in [0, 0.1) is 0 Å². The van der Waals surface area contributed by atoms with Crippen LogP contribution in [0.1, 0.15) is 11.1 Å². The highest BCUT2D eigenvalue weighted by Crippen LogP contribution is 2.18. The number of para-hydroxylation sites is 1. The van der Waals surface area contributed by atoms with Crippen molar-refractivity contribution in [2.24, 2.45) is 0 Å². The molecule has 3 rings (SSSR count). The van der Waals surface area contributed by atoms with E-state index >= 15 is 0 Å². The van der Waals surface area contributed by atoms with Crippen molar-refractivity contribution in [3.63, 3.8) is 0 Å². The molecule has 1 heterocycles. The molecule has 0 aliphatic rings. The zero-order chi connectivity index (χ0) is 13.1. The molecule has 0 aliphatic carbocycles. The first-order valence-electron chi connectivity index (χ1n) is 6.20. The zero-order valence-corrected chi connectivity index (χ0v) is 10.5. The molecule has 0 amide bonds. The van der Waals surface area contributed by atoms with Gasteiger partial charge in [0.15, 0.2) is 0 Å². The second-order valence-corrected chi connectivity index (χ2v) is 4.42. The molecule has 2 aromatic carbocycles. The van der Waals surface area contributed by atoms with E-state index in [0.29, 0.717) is 0 Å². The average molecular weight is 246 g/mol. The number of fused-ring (bicyclic) bond motifs is 1. The number of aromatic nitrogens is 1. The van der Waals surface area contributed by atoms with Gasteiger partial charge in [-0.2, -0.15) is 0 Å². The van der Waals surface area contributed by atoms with Crippen molar-refractivity contribution in [3.8, 4) is 0 Å². The van der Waals surface area contributed by atoms with Gasteiger partial charge in [0, 0.05) is 17.3 Å². The van der Waals surface area contributed by atoms with Gasteiger partial charge in [-0.25, -0.2) is 0 Å². The number of nitrogens with zero attached hydrogens (tertiary/aromatic N) is 1. The Morgan fingerprint density at radius 2 is 1.63 bits per heavy atom. The molecule has 3 aromatic rings. The molecule has 1 aromatic heterocycles. The van der Waals surface area contributed by atoms with Gasteiger partial charge in [-0.1, -0.05) is 42.5 Å². The Labute approximate surface area is 112 Å². The Bertz CT molecular complexity index is 722. The monoisotopic (exact) mass is 246 g/mol. The molecule has 19 heavy (non-hydrogen) atoms. The van der Waals surface area contributed by atoms with E-state index in [2.05, 4.69) is 23.2 Å². The van der Waals surface area contributed by atoms with Crippen LogP contribution in [-0.2, 0) is 0 Å². The van der Waals surface area contributed by atoms with Gasteiger partial charge in [0.05, 0.1) is 5.52 Å². The Balaban J connectivity index is 1.99. The minimum absolute atomic E-state index is 0.784. The molecule has 0 spiro atoms. The molecule has 0 saturated heterocycles. The van der Waals surface area contributed by atoms with Crippen molar-refractivity contribution in [1.29, 1.82) is 0 Å². The average Bonchev–Trinajstić information content (AvgIpc) is 2.47. The summed E-state index contributed by atoms with van der Waals surface area (Å²) in [6.45, 7) is 0. The fraction of sp³-hybridized carbons (Fsp3) is 0. The molecule has 92 valence electrons. The summed E-state index contributed by atoms with van der Waals surface area (Å²) in [4.78, 5) is 4.36. The molecule has 2 heteroatoms. The third kappa shape index (κ3) is 2.47. The fourth-order valence-corrected chi connectivity index (χ4v) is 2.06. The van der Waals surface area contributed by atoms with Crippen LogP contribution in [0.5, 0.6) is 0 Å². The summed E-state index contributed by atoms with van der Waals surface area (Å²) >= 11 is 0. The van der Waals surface area contributed by atoms with Crippen molar-refractivity contribution < 1.29 is 0 Å². The molecule has 0 aliphatic heterocycles. The molecule has 0 saturated carbocycles. The van der Waals surface area contributed by atoms with E-state index in [0.717, 1.165) is 22.2 Å². The normalized spacial score (nSPS) is 11.2. The first-order chi connectivity index (χ1) is 9.33. The highest BCUT2D eigenvalue weighted by atomic mass is 14.6. The lowest BCUT2D eigenvalue weighted by molar-refractivity contribution is 1.41. The zero-order valence-electron chi connectivity index (χ0n) is 10.5. The maximum absolute atomic E-state index is 5.68. The molecule has 0 fully saturated rings. The quantitative estimate of drug-likeness (QED) is 0.694. The lowest BCUT2D eigenvalue weighted by Crippen LogP contribution is -1.83. The van der Waals surface area contributed by atoms with Crippen LogP contribution in [0.2, 0.25) is 0 Å².